The first-order chi connectivity index (χ1) is 7.19. The van der Waals surface area contributed by atoms with E-state index in [2.05, 4.69) is 11.4 Å². The molecule has 0 aromatic heterocycles. The largest absolute Gasteiger partial charge is 0.396 e. The number of nitrogens with zero attached hydrogens (tertiary/aromatic N) is 1. The maximum absolute atomic E-state index is 8.98. The first kappa shape index (κ1) is 11.5. The van der Waals surface area contributed by atoms with Crippen molar-refractivity contribution in [3.63, 3.8) is 0 Å². The molecule has 0 aliphatic rings. The van der Waals surface area contributed by atoms with Crippen molar-refractivity contribution in [2.75, 3.05) is 18.5 Å². The molecule has 3 nitrogen and oxygen atoms in total. The normalized spacial score (nSPS) is 11.9. The number of hydrogen-bond acceptors (Lipinski definition) is 3. The molecule has 1 atom stereocenters. The molecular weight excluding hydrogens is 188 g/mol. The Morgan fingerprint density at radius 3 is 2.87 bits per heavy atom. The molecular formula is C12H16N2O. The van der Waals surface area contributed by atoms with E-state index >= 15 is 0 Å². The van der Waals surface area contributed by atoms with Crippen LogP contribution in [0.2, 0.25) is 0 Å². The van der Waals surface area contributed by atoms with Crippen molar-refractivity contribution in [1.29, 1.82) is 5.26 Å². The van der Waals surface area contributed by atoms with Crippen molar-refractivity contribution in [2.24, 2.45) is 5.92 Å². The quantitative estimate of drug-likeness (QED) is 0.787. The van der Waals surface area contributed by atoms with Crippen molar-refractivity contribution in [3.05, 3.63) is 29.3 Å². The van der Waals surface area contributed by atoms with E-state index in [-0.39, 0.29) is 12.5 Å². The molecule has 0 fully saturated rings. The van der Waals surface area contributed by atoms with E-state index < -0.39 is 0 Å². The highest BCUT2D eigenvalue weighted by Crippen LogP contribution is 2.18. The Morgan fingerprint density at radius 1 is 1.53 bits per heavy atom. The van der Waals surface area contributed by atoms with Crippen molar-refractivity contribution in [2.45, 2.75) is 13.8 Å². The fourth-order valence-corrected chi connectivity index (χ4v) is 1.31. The van der Waals surface area contributed by atoms with E-state index in [4.69, 9.17) is 10.4 Å². The number of aliphatic hydroxyl groups excluding tert-OH is 1. The van der Waals surface area contributed by atoms with Gasteiger partial charge in [0, 0.05) is 13.2 Å². The summed E-state index contributed by atoms with van der Waals surface area (Å²) in [5, 5.41) is 21.0. The molecule has 0 spiro atoms. The molecule has 3 heteroatoms. The molecule has 0 saturated carbocycles. The summed E-state index contributed by atoms with van der Waals surface area (Å²) in [7, 11) is 0. The van der Waals surface area contributed by atoms with Crippen LogP contribution in [0.5, 0.6) is 0 Å². The minimum absolute atomic E-state index is 0.153. The molecule has 15 heavy (non-hydrogen) atoms. The first-order valence-electron chi connectivity index (χ1n) is 5.03. The Labute approximate surface area is 90.4 Å². The summed E-state index contributed by atoms with van der Waals surface area (Å²) in [6, 6.07) is 7.90. The van der Waals surface area contributed by atoms with Gasteiger partial charge >= 0.3 is 0 Å². The third-order valence-corrected chi connectivity index (χ3v) is 2.34. The summed E-state index contributed by atoms with van der Waals surface area (Å²) in [6.07, 6.45) is 0. The summed E-state index contributed by atoms with van der Waals surface area (Å²) >= 11 is 0. The number of aryl methyl sites for hydroxylation is 1. The van der Waals surface area contributed by atoms with Gasteiger partial charge in [-0.15, -0.1) is 0 Å². The number of anilines is 1. The van der Waals surface area contributed by atoms with Crippen LogP contribution in [-0.2, 0) is 0 Å². The van der Waals surface area contributed by atoms with Crippen molar-refractivity contribution < 1.29 is 5.11 Å². The highest BCUT2D eigenvalue weighted by molar-refractivity contribution is 5.60. The zero-order valence-electron chi connectivity index (χ0n) is 9.12. The Kier molecular flexibility index (Phi) is 4.14. The lowest BCUT2D eigenvalue weighted by molar-refractivity contribution is 0.244. The van der Waals surface area contributed by atoms with Crippen LogP contribution in [0.25, 0.3) is 0 Å². The van der Waals surface area contributed by atoms with Crippen LogP contribution in [0.4, 0.5) is 5.69 Å². The van der Waals surface area contributed by atoms with E-state index in [1.165, 1.54) is 0 Å². The van der Waals surface area contributed by atoms with E-state index in [0.717, 1.165) is 11.3 Å². The molecule has 0 aliphatic carbocycles. The predicted octanol–water partition coefficient (Wildman–Crippen LogP) is 1.91. The van der Waals surface area contributed by atoms with Gasteiger partial charge in [-0.05, 0) is 24.5 Å². The van der Waals surface area contributed by atoms with Crippen LogP contribution >= 0.6 is 0 Å². The first-order valence-corrected chi connectivity index (χ1v) is 5.03. The van der Waals surface area contributed by atoms with Crippen LogP contribution in [0.15, 0.2) is 18.2 Å². The Hall–Kier alpha value is -1.53. The highest BCUT2D eigenvalue weighted by atomic mass is 16.3. The van der Waals surface area contributed by atoms with Gasteiger partial charge < -0.3 is 10.4 Å². The summed E-state index contributed by atoms with van der Waals surface area (Å²) in [6.45, 7) is 4.70. The maximum atomic E-state index is 8.98. The van der Waals surface area contributed by atoms with Crippen LogP contribution in [0.1, 0.15) is 18.1 Å². The molecule has 80 valence electrons. The summed E-state index contributed by atoms with van der Waals surface area (Å²) in [5.41, 5.74) is 2.50. The zero-order chi connectivity index (χ0) is 11.3. The maximum Gasteiger partial charge on any atom is 0.102 e. The molecule has 0 saturated heterocycles. The second-order valence-electron chi connectivity index (χ2n) is 3.78. The molecule has 0 radical (unpaired) electrons. The minimum Gasteiger partial charge on any atom is -0.396 e. The van der Waals surface area contributed by atoms with Crippen LogP contribution in [0.3, 0.4) is 0 Å². The molecule has 0 bridgehead atoms. The van der Waals surface area contributed by atoms with E-state index in [1.54, 1.807) is 0 Å². The monoisotopic (exact) mass is 204 g/mol. The van der Waals surface area contributed by atoms with Gasteiger partial charge in [-0.1, -0.05) is 19.1 Å². The van der Waals surface area contributed by atoms with E-state index in [0.29, 0.717) is 12.1 Å². The van der Waals surface area contributed by atoms with E-state index in [1.807, 2.05) is 32.0 Å². The van der Waals surface area contributed by atoms with Gasteiger partial charge in [0.25, 0.3) is 0 Å². The van der Waals surface area contributed by atoms with Gasteiger partial charge in [-0.25, -0.2) is 0 Å². The number of nitriles is 1. The SMILES string of the molecule is Cc1cccc(NCC(C)CO)c1C#N. The van der Waals surface area contributed by atoms with Crippen LogP contribution in [0, 0.1) is 24.2 Å². The number of rotatable bonds is 4. The van der Waals surface area contributed by atoms with Gasteiger partial charge in [0.05, 0.1) is 11.3 Å². The summed E-state index contributed by atoms with van der Waals surface area (Å²) in [5.74, 6) is 0.192. The molecule has 1 rings (SSSR count). The molecule has 0 aliphatic heterocycles. The molecule has 1 unspecified atom stereocenters. The standard InChI is InChI=1S/C12H16N2O/c1-9(8-15)7-14-12-5-3-4-10(2)11(12)6-13/h3-5,9,14-15H,7-8H2,1-2H3. The smallest absolute Gasteiger partial charge is 0.102 e. The number of aliphatic hydroxyl groups is 1. The lowest BCUT2D eigenvalue weighted by Crippen LogP contribution is -2.15. The summed E-state index contributed by atoms with van der Waals surface area (Å²) in [4.78, 5) is 0. The fourth-order valence-electron chi connectivity index (χ4n) is 1.31. The Morgan fingerprint density at radius 2 is 2.27 bits per heavy atom. The third-order valence-electron chi connectivity index (χ3n) is 2.34. The van der Waals surface area contributed by atoms with E-state index in [9.17, 15) is 0 Å². The second-order valence-corrected chi connectivity index (χ2v) is 3.78. The molecule has 0 amide bonds. The Balaban J connectivity index is 2.77. The third kappa shape index (κ3) is 2.97. The molecule has 1 aromatic carbocycles. The molecule has 0 heterocycles. The van der Waals surface area contributed by atoms with Gasteiger partial charge in [-0.2, -0.15) is 5.26 Å². The van der Waals surface area contributed by atoms with Crippen LogP contribution < -0.4 is 5.32 Å². The predicted molar refractivity (Wildman–Crippen MR) is 60.6 cm³/mol. The average Bonchev–Trinajstić information content (AvgIpc) is 2.25. The van der Waals surface area contributed by atoms with Crippen molar-refractivity contribution in [3.8, 4) is 6.07 Å². The lowest BCUT2D eigenvalue weighted by Gasteiger charge is -2.12. The van der Waals surface area contributed by atoms with Crippen molar-refractivity contribution >= 4 is 5.69 Å². The topological polar surface area (TPSA) is 56.0 Å². The summed E-state index contributed by atoms with van der Waals surface area (Å²) < 4.78 is 0. The van der Waals surface area contributed by atoms with Gasteiger partial charge in [-0.3, -0.25) is 0 Å². The molecule has 2 N–H and O–H groups in total. The fraction of sp³-hybridized carbons (Fsp3) is 0.417. The highest BCUT2D eigenvalue weighted by Gasteiger charge is 2.05. The Bertz CT molecular complexity index is 368. The van der Waals surface area contributed by atoms with Crippen molar-refractivity contribution in [1.82, 2.24) is 0 Å². The number of benzene rings is 1. The number of nitrogens with one attached hydrogen (secondary N) is 1. The van der Waals surface area contributed by atoms with Gasteiger partial charge in [0.1, 0.15) is 6.07 Å². The minimum atomic E-state index is 0.153. The average molecular weight is 204 g/mol. The zero-order valence-corrected chi connectivity index (χ0v) is 9.12. The number of hydrogen-bond donors (Lipinski definition) is 2. The van der Waals surface area contributed by atoms with Gasteiger partial charge in [0.15, 0.2) is 0 Å². The lowest BCUT2D eigenvalue weighted by atomic mass is 10.1. The molecule has 1 aromatic rings. The second kappa shape index (κ2) is 5.38. The van der Waals surface area contributed by atoms with Gasteiger partial charge in [0.2, 0.25) is 0 Å². The van der Waals surface area contributed by atoms with Crippen LogP contribution in [-0.4, -0.2) is 18.3 Å².